The number of rotatable bonds is 3. The molecule has 2 fully saturated rings. The number of carbonyl (C=O) groups is 2. The number of urea groups is 1. The topological polar surface area (TPSA) is 73.2 Å². The monoisotopic (exact) mass is 269 g/mol. The number of nitrogens with zero attached hydrogens (tertiary/aromatic N) is 2. The first-order chi connectivity index (χ1) is 9.54. The van der Waals surface area contributed by atoms with Gasteiger partial charge in [0.2, 0.25) is 0 Å². The Labute approximate surface area is 117 Å². The van der Waals surface area contributed by atoms with Crippen LogP contribution in [-0.4, -0.2) is 22.4 Å². The Bertz CT molecular complexity index is 613. The average molecular weight is 269 g/mol. The molecule has 0 aromatic heterocycles. The zero-order valence-electron chi connectivity index (χ0n) is 11.2. The van der Waals surface area contributed by atoms with Crippen LogP contribution >= 0.6 is 0 Å². The molecule has 3 rings (SSSR count). The van der Waals surface area contributed by atoms with Crippen LogP contribution in [0.4, 0.5) is 4.79 Å². The molecule has 1 atom stereocenters. The van der Waals surface area contributed by atoms with E-state index in [0.29, 0.717) is 5.56 Å². The summed E-state index contributed by atoms with van der Waals surface area (Å²) in [5, 5.41) is 11.6. The molecule has 102 valence electrons. The van der Waals surface area contributed by atoms with Crippen LogP contribution in [0.5, 0.6) is 0 Å². The SMILES string of the molecule is C[C@]1(C2CC2)NC(=O)N(Cc2ccc(C#N)cc2)C1=O. The smallest absolute Gasteiger partial charge is 0.323 e. The second kappa shape index (κ2) is 4.34. The van der Waals surface area contributed by atoms with E-state index in [1.54, 1.807) is 24.3 Å². The predicted octanol–water partition coefficient (Wildman–Crippen LogP) is 1.78. The molecular formula is C15H15N3O2. The molecule has 0 spiro atoms. The van der Waals surface area contributed by atoms with Crippen molar-refractivity contribution in [3.63, 3.8) is 0 Å². The van der Waals surface area contributed by atoms with Crippen LogP contribution in [0, 0.1) is 17.2 Å². The maximum Gasteiger partial charge on any atom is 0.325 e. The van der Waals surface area contributed by atoms with Crippen molar-refractivity contribution in [2.24, 2.45) is 5.92 Å². The van der Waals surface area contributed by atoms with Gasteiger partial charge in [-0.3, -0.25) is 9.69 Å². The highest BCUT2D eigenvalue weighted by Gasteiger charge is 2.55. The van der Waals surface area contributed by atoms with Gasteiger partial charge in [0.15, 0.2) is 0 Å². The second-order valence-corrected chi connectivity index (χ2v) is 5.61. The molecule has 1 aliphatic carbocycles. The third-order valence-corrected chi connectivity index (χ3v) is 4.12. The maximum absolute atomic E-state index is 12.4. The van der Waals surface area contributed by atoms with Gasteiger partial charge in [-0.1, -0.05) is 12.1 Å². The van der Waals surface area contributed by atoms with Crippen LogP contribution in [0.15, 0.2) is 24.3 Å². The van der Waals surface area contributed by atoms with Gasteiger partial charge in [0, 0.05) is 0 Å². The van der Waals surface area contributed by atoms with E-state index in [2.05, 4.69) is 5.32 Å². The molecule has 3 amide bonds. The molecule has 1 aromatic rings. The van der Waals surface area contributed by atoms with Crippen molar-refractivity contribution in [3.8, 4) is 6.07 Å². The first-order valence-corrected chi connectivity index (χ1v) is 6.68. The summed E-state index contributed by atoms with van der Waals surface area (Å²) in [5.41, 5.74) is 0.672. The van der Waals surface area contributed by atoms with Crippen molar-refractivity contribution in [1.29, 1.82) is 5.26 Å². The van der Waals surface area contributed by atoms with Crippen molar-refractivity contribution in [2.75, 3.05) is 0 Å². The van der Waals surface area contributed by atoms with Crippen LogP contribution in [0.2, 0.25) is 0 Å². The first kappa shape index (κ1) is 12.7. The summed E-state index contributed by atoms with van der Waals surface area (Å²) >= 11 is 0. The third-order valence-electron chi connectivity index (χ3n) is 4.12. The van der Waals surface area contributed by atoms with Crippen LogP contribution in [0.1, 0.15) is 30.9 Å². The third kappa shape index (κ3) is 1.94. The van der Waals surface area contributed by atoms with E-state index in [9.17, 15) is 9.59 Å². The molecule has 1 N–H and O–H groups in total. The summed E-state index contributed by atoms with van der Waals surface area (Å²) in [6.07, 6.45) is 1.99. The van der Waals surface area contributed by atoms with Gasteiger partial charge in [0.05, 0.1) is 18.2 Å². The quantitative estimate of drug-likeness (QED) is 0.850. The van der Waals surface area contributed by atoms with Crippen molar-refractivity contribution in [2.45, 2.75) is 31.8 Å². The molecule has 20 heavy (non-hydrogen) atoms. The maximum atomic E-state index is 12.4. The van der Waals surface area contributed by atoms with Gasteiger partial charge in [-0.05, 0) is 43.4 Å². The van der Waals surface area contributed by atoms with E-state index in [-0.39, 0.29) is 24.4 Å². The number of hydrogen-bond acceptors (Lipinski definition) is 3. The largest absolute Gasteiger partial charge is 0.325 e. The molecule has 5 heteroatoms. The lowest BCUT2D eigenvalue weighted by molar-refractivity contribution is -0.131. The number of hydrogen-bond donors (Lipinski definition) is 1. The van der Waals surface area contributed by atoms with Gasteiger partial charge in [-0.25, -0.2) is 4.79 Å². The predicted molar refractivity (Wildman–Crippen MR) is 71.4 cm³/mol. The molecule has 0 bridgehead atoms. The number of nitriles is 1. The molecule has 1 saturated heterocycles. The Morgan fingerprint density at radius 1 is 1.35 bits per heavy atom. The van der Waals surface area contributed by atoms with E-state index in [4.69, 9.17) is 5.26 Å². The van der Waals surface area contributed by atoms with E-state index < -0.39 is 5.54 Å². The van der Waals surface area contributed by atoms with Crippen molar-refractivity contribution in [1.82, 2.24) is 10.2 Å². The minimum Gasteiger partial charge on any atom is -0.323 e. The lowest BCUT2D eigenvalue weighted by Crippen LogP contribution is -2.46. The molecule has 0 radical (unpaired) electrons. The zero-order valence-corrected chi connectivity index (χ0v) is 11.2. The second-order valence-electron chi connectivity index (χ2n) is 5.61. The van der Waals surface area contributed by atoms with Crippen molar-refractivity contribution < 1.29 is 9.59 Å². The highest BCUT2D eigenvalue weighted by atomic mass is 16.2. The van der Waals surface area contributed by atoms with E-state index in [1.165, 1.54) is 4.90 Å². The molecule has 0 unspecified atom stereocenters. The lowest BCUT2D eigenvalue weighted by atomic mass is 9.96. The molecule has 1 aromatic carbocycles. The number of amides is 3. The molecular weight excluding hydrogens is 254 g/mol. The summed E-state index contributed by atoms with van der Waals surface area (Å²) in [7, 11) is 0. The van der Waals surface area contributed by atoms with Gasteiger partial charge >= 0.3 is 6.03 Å². The number of carbonyl (C=O) groups excluding carboxylic acids is 2. The van der Waals surface area contributed by atoms with Crippen LogP contribution < -0.4 is 5.32 Å². The van der Waals surface area contributed by atoms with Crippen molar-refractivity contribution in [3.05, 3.63) is 35.4 Å². The van der Waals surface area contributed by atoms with Gasteiger partial charge < -0.3 is 5.32 Å². The fourth-order valence-corrected chi connectivity index (χ4v) is 2.66. The minimum absolute atomic E-state index is 0.144. The Kier molecular flexibility index (Phi) is 2.75. The summed E-state index contributed by atoms with van der Waals surface area (Å²) in [4.78, 5) is 25.7. The summed E-state index contributed by atoms with van der Waals surface area (Å²) in [6, 6.07) is 8.63. The lowest BCUT2D eigenvalue weighted by Gasteiger charge is -2.21. The molecule has 1 heterocycles. The van der Waals surface area contributed by atoms with E-state index >= 15 is 0 Å². The van der Waals surface area contributed by atoms with Crippen LogP contribution in [0.3, 0.4) is 0 Å². The van der Waals surface area contributed by atoms with Crippen molar-refractivity contribution >= 4 is 11.9 Å². The summed E-state index contributed by atoms with van der Waals surface area (Å²) in [5.74, 6) is 0.124. The molecule has 1 saturated carbocycles. The van der Waals surface area contributed by atoms with E-state index in [0.717, 1.165) is 18.4 Å². The first-order valence-electron chi connectivity index (χ1n) is 6.68. The highest BCUT2D eigenvalue weighted by molar-refractivity contribution is 6.07. The highest BCUT2D eigenvalue weighted by Crippen LogP contribution is 2.42. The number of imide groups is 1. The Morgan fingerprint density at radius 3 is 2.55 bits per heavy atom. The van der Waals surface area contributed by atoms with Gasteiger partial charge in [-0.2, -0.15) is 5.26 Å². The van der Waals surface area contributed by atoms with E-state index in [1.807, 2.05) is 13.0 Å². The summed E-state index contributed by atoms with van der Waals surface area (Å²) in [6.45, 7) is 2.06. The van der Waals surface area contributed by atoms with Gasteiger partial charge in [0.25, 0.3) is 5.91 Å². The average Bonchev–Trinajstić information content (AvgIpc) is 3.26. The van der Waals surface area contributed by atoms with Gasteiger partial charge in [0.1, 0.15) is 5.54 Å². The number of benzene rings is 1. The fourth-order valence-electron chi connectivity index (χ4n) is 2.66. The molecule has 1 aliphatic heterocycles. The van der Waals surface area contributed by atoms with Crippen LogP contribution in [-0.2, 0) is 11.3 Å². The molecule has 2 aliphatic rings. The fraction of sp³-hybridized carbons (Fsp3) is 0.400. The standard InChI is InChI=1S/C15H15N3O2/c1-15(12-6-7-12)13(19)18(14(20)17-15)9-11-4-2-10(8-16)3-5-11/h2-5,12H,6-7,9H2,1H3,(H,17,20)/t15-/m1/s1. The zero-order chi connectivity index (χ0) is 14.3. The number of nitrogens with one attached hydrogen (secondary N) is 1. The normalized spacial score (nSPS) is 25.5. The Morgan fingerprint density at radius 2 is 2.00 bits per heavy atom. The molecule has 5 nitrogen and oxygen atoms in total. The minimum atomic E-state index is -0.732. The summed E-state index contributed by atoms with van der Waals surface area (Å²) < 4.78 is 0. The Balaban J connectivity index is 1.78. The van der Waals surface area contributed by atoms with Crippen LogP contribution in [0.25, 0.3) is 0 Å². The Hall–Kier alpha value is -2.35. The van der Waals surface area contributed by atoms with Gasteiger partial charge in [-0.15, -0.1) is 0 Å².